The van der Waals surface area contributed by atoms with E-state index in [0.717, 1.165) is 5.56 Å². The molecule has 2 N–H and O–H groups in total. The number of thioether (sulfide) groups is 1. The summed E-state index contributed by atoms with van der Waals surface area (Å²) in [7, 11) is 0. The van der Waals surface area contributed by atoms with Gasteiger partial charge in [0.05, 0.1) is 24.7 Å². The number of ether oxygens (including phenoxy) is 1. The Morgan fingerprint density at radius 3 is 2.71 bits per heavy atom. The van der Waals surface area contributed by atoms with Crippen molar-refractivity contribution < 1.29 is 14.3 Å². The van der Waals surface area contributed by atoms with Crippen molar-refractivity contribution in [3.8, 4) is 0 Å². The predicted octanol–water partition coefficient (Wildman–Crippen LogP) is 1.46. The molecule has 1 fully saturated rings. The van der Waals surface area contributed by atoms with Crippen LogP contribution in [0, 0.1) is 0 Å². The number of benzene rings is 1. The second-order valence-corrected chi connectivity index (χ2v) is 6.13. The van der Waals surface area contributed by atoms with Crippen molar-refractivity contribution in [1.82, 2.24) is 4.90 Å². The molecule has 0 spiro atoms. The van der Waals surface area contributed by atoms with Gasteiger partial charge in [0.25, 0.3) is 0 Å². The van der Waals surface area contributed by atoms with Gasteiger partial charge in [-0.05, 0) is 17.7 Å². The molecule has 7 heteroatoms. The molecule has 114 valence electrons. The summed E-state index contributed by atoms with van der Waals surface area (Å²) in [6, 6.07) is 7.43. The lowest BCUT2D eigenvalue weighted by atomic mass is 10.1. The van der Waals surface area contributed by atoms with Gasteiger partial charge in [-0.1, -0.05) is 23.7 Å². The van der Waals surface area contributed by atoms with Gasteiger partial charge in [-0.25, -0.2) is 0 Å². The van der Waals surface area contributed by atoms with E-state index in [1.165, 1.54) is 11.8 Å². The van der Waals surface area contributed by atoms with Crippen LogP contribution in [0.1, 0.15) is 11.7 Å². The standard InChI is InChI=1S/C14H17ClN2O3S/c15-11-3-1-10(2-4-11)12-7-17(5-6-20-12)14(19)9-21-8-13(16)18/h1-4,12H,5-9H2,(H2,16,18)/t12-/m1/s1. The van der Waals surface area contributed by atoms with Crippen molar-refractivity contribution in [2.45, 2.75) is 6.10 Å². The molecule has 0 unspecified atom stereocenters. The molecule has 1 atom stereocenters. The average Bonchev–Trinajstić information content (AvgIpc) is 2.47. The maximum absolute atomic E-state index is 12.1. The minimum Gasteiger partial charge on any atom is -0.370 e. The Balaban J connectivity index is 1.89. The van der Waals surface area contributed by atoms with Crippen molar-refractivity contribution in [2.75, 3.05) is 31.2 Å². The molecule has 0 bridgehead atoms. The minimum absolute atomic E-state index is 0.00325. The number of amides is 2. The monoisotopic (exact) mass is 328 g/mol. The highest BCUT2D eigenvalue weighted by atomic mass is 35.5. The van der Waals surface area contributed by atoms with E-state index in [4.69, 9.17) is 22.1 Å². The molecule has 21 heavy (non-hydrogen) atoms. The largest absolute Gasteiger partial charge is 0.370 e. The zero-order valence-corrected chi connectivity index (χ0v) is 13.0. The van der Waals surface area contributed by atoms with Gasteiger partial charge in [0, 0.05) is 11.6 Å². The number of nitrogens with two attached hydrogens (primary N) is 1. The smallest absolute Gasteiger partial charge is 0.232 e. The Kier molecular flexibility index (Phi) is 5.90. The number of carbonyl (C=O) groups excluding carboxylic acids is 2. The Bertz CT molecular complexity index is 509. The molecule has 2 rings (SSSR count). The number of primary amides is 1. The lowest BCUT2D eigenvalue weighted by molar-refractivity contribution is -0.136. The van der Waals surface area contributed by atoms with Gasteiger partial charge in [-0.2, -0.15) is 0 Å². The van der Waals surface area contributed by atoms with Gasteiger partial charge >= 0.3 is 0 Å². The van der Waals surface area contributed by atoms with E-state index in [-0.39, 0.29) is 23.5 Å². The molecule has 0 radical (unpaired) electrons. The van der Waals surface area contributed by atoms with Gasteiger partial charge in [0.15, 0.2) is 0 Å². The van der Waals surface area contributed by atoms with Crippen molar-refractivity contribution in [3.05, 3.63) is 34.9 Å². The lowest BCUT2D eigenvalue weighted by Crippen LogP contribution is -2.43. The van der Waals surface area contributed by atoms with Crippen LogP contribution in [-0.2, 0) is 14.3 Å². The van der Waals surface area contributed by atoms with Gasteiger partial charge < -0.3 is 15.4 Å². The summed E-state index contributed by atoms with van der Waals surface area (Å²) in [6.45, 7) is 1.58. The third-order valence-electron chi connectivity index (χ3n) is 3.13. The second kappa shape index (κ2) is 7.68. The Hall–Kier alpha value is -1.24. The minimum atomic E-state index is -0.409. The summed E-state index contributed by atoms with van der Waals surface area (Å²) >= 11 is 7.10. The number of halogens is 1. The van der Waals surface area contributed by atoms with Crippen molar-refractivity contribution in [3.63, 3.8) is 0 Å². The lowest BCUT2D eigenvalue weighted by Gasteiger charge is -2.33. The van der Waals surface area contributed by atoms with Crippen LogP contribution < -0.4 is 5.73 Å². The van der Waals surface area contributed by atoms with Crippen molar-refractivity contribution in [1.29, 1.82) is 0 Å². The number of hydrogen-bond acceptors (Lipinski definition) is 4. The zero-order valence-electron chi connectivity index (χ0n) is 11.5. The van der Waals surface area contributed by atoms with E-state index >= 15 is 0 Å². The maximum Gasteiger partial charge on any atom is 0.232 e. The molecule has 0 aromatic heterocycles. The van der Waals surface area contributed by atoms with Crippen LogP contribution in [0.3, 0.4) is 0 Å². The van der Waals surface area contributed by atoms with Crippen LogP contribution in [0.15, 0.2) is 24.3 Å². The van der Waals surface area contributed by atoms with E-state index < -0.39 is 5.91 Å². The highest BCUT2D eigenvalue weighted by Gasteiger charge is 2.25. The summed E-state index contributed by atoms with van der Waals surface area (Å²) in [5, 5.41) is 0.672. The summed E-state index contributed by atoms with van der Waals surface area (Å²) in [4.78, 5) is 24.5. The van der Waals surface area contributed by atoms with E-state index in [0.29, 0.717) is 24.7 Å². The highest BCUT2D eigenvalue weighted by Crippen LogP contribution is 2.24. The molecular formula is C14H17ClN2O3S. The van der Waals surface area contributed by atoms with Crippen molar-refractivity contribution >= 4 is 35.2 Å². The van der Waals surface area contributed by atoms with Gasteiger partial charge in [-0.3, -0.25) is 9.59 Å². The first-order valence-corrected chi connectivity index (χ1v) is 8.10. The summed E-state index contributed by atoms with van der Waals surface area (Å²) < 4.78 is 5.71. The molecule has 0 aliphatic carbocycles. The molecule has 1 aromatic rings. The van der Waals surface area contributed by atoms with Crippen LogP contribution in [0.4, 0.5) is 0 Å². The van der Waals surface area contributed by atoms with Crippen LogP contribution >= 0.6 is 23.4 Å². The van der Waals surface area contributed by atoms with Crippen LogP contribution in [0.2, 0.25) is 5.02 Å². The first kappa shape index (κ1) is 16.1. The van der Waals surface area contributed by atoms with Gasteiger partial charge in [-0.15, -0.1) is 11.8 Å². The molecular weight excluding hydrogens is 312 g/mol. The molecule has 0 saturated carbocycles. The third kappa shape index (κ3) is 4.91. The van der Waals surface area contributed by atoms with E-state index in [1.807, 2.05) is 24.3 Å². The number of morpholine rings is 1. The summed E-state index contributed by atoms with van der Waals surface area (Å²) in [5.74, 6) is 0.0183. The highest BCUT2D eigenvalue weighted by molar-refractivity contribution is 8.00. The molecule has 5 nitrogen and oxygen atoms in total. The molecule has 1 aliphatic rings. The zero-order chi connectivity index (χ0) is 15.2. The normalized spacial score (nSPS) is 18.5. The number of rotatable bonds is 5. The molecule has 1 heterocycles. The number of hydrogen-bond donors (Lipinski definition) is 1. The van der Waals surface area contributed by atoms with Crippen molar-refractivity contribution in [2.24, 2.45) is 5.73 Å². The molecule has 2 amide bonds. The third-order valence-corrected chi connectivity index (χ3v) is 4.32. The van der Waals surface area contributed by atoms with Gasteiger partial charge in [0.2, 0.25) is 11.8 Å². The average molecular weight is 329 g/mol. The Morgan fingerprint density at radius 1 is 1.33 bits per heavy atom. The fourth-order valence-corrected chi connectivity index (χ4v) is 2.87. The summed E-state index contributed by atoms with van der Waals surface area (Å²) in [6.07, 6.45) is -0.138. The number of nitrogens with zero attached hydrogens (tertiary/aromatic N) is 1. The number of carbonyl (C=O) groups is 2. The topological polar surface area (TPSA) is 72.6 Å². The van der Waals surface area contributed by atoms with E-state index in [2.05, 4.69) is 0 Å². The second-order valence-electron chi connectivity index (χ2n) is 4.71. The predicted molar refractivity (Wildman–Crippen MR) is 83.2 cm³/mol. The first-order valence-electron chi connectivity index (χ1n) is 6.57. The molecule has 1 saturated heterocycles. The quantitative estimate of drug-likeness (QED) is 0.888. The SMILES string of the molecule is NC(=O)CSCC(=O)N1CCO[C@@H](c2ccc(Cl)cc2)C1. The molecule has 1 aromatic carbocycles. The van der Waals surface area contributed by atoms with Gasteiger partial charge in [0.1, 0.15) is 6.10 Å². The first-order chi connectivity index (χ1) is 10.1. The van der Waals surface area contributed by atoms with Crippen LogP contribution in [-0.4, -0.2) is 47.9 Å². The van der Waals surface area contributed by atoms with E-state index in [9.17, 15) is 9.59 Å². The fourth-order valence-electron chi connectivity index (χ4n) is 2.09. The molecule has 1 aliphatic heterocycles. The van der Waals surface area contributed by atoms with Crippen LogP contribution in [0.25, 0.3) is 0 Å². The summed E-state index contributed by atoms with van der Waals surface area (Å²) in [5.41, 5.74) is 6.05. The Morgan fingerprint density at radius 2 is 2.05 bits per heavy atom. The fraction of sp³-hybridized carbons (Fsp3) is 0.429. The van der Waals surface area contributed by atoms with E-state index in [1.54, 1.807) is 4.90 Å². The Labute approximate surface area is 132 Å². The van der Waals surface area contributed by atoms with Crippen LogP contribution in [0.5, 0.6) is 0 Å². The maximum atomic E-state index is 12.1.